The summed E-state index contributed by atoms with van der Waals surface area (Å²) in [6.07, 6.45) is -1.53. The number of carbonyl (C=O) groups is 1. The lowest BCUT2D eigenvalue weighted by atomic mass is 9.99. The molecule has 21 heavy (non-hydrogen) atoms. The first-order valence-electron chi connectivity index (χ1n) is 7.37. The summed E-state index contributed by atoms with van der Waals surface area (Å²) in [7, 11) is 0. The van der Waals surface area contributed by atoms with E-state index < -0.39 is 24.7 Å². The first kappa shape index (κ1) is 15.9. The molecule has 2 atom stereocenters. The van der Waals surface area contributed by atoms with Gasteiger partial charge in [0.1, 0.15) is 6.17 Å². The van der Waals surface area contributed by atoms with Crippen LogP contribution in [0.25, 0.3) is 0 Å². The summed E-state index contributed by atoms with van der Waals surface area (Å²) in [6.45, 7) is 5.17. The zero-order chi connectivity index (χ0) is 15.6. The molecule has 0 radical (unpaired) electrons. The van der Waals surface area contributed by atoms with Crippen molar-refractivity contribution in [2.75, 3.05) is 6.54 Å². The van der Waals surface area contributed by atoms with E-state index in [1.54, 1.807) is 6.92 Å². The fourth-order valence-corrected chi connectivity index (χ4v) is 2.66. The lowest BCUT2D eigenvalue weighted by Crippen LogP contribution is -2.43. The molecule has 1 saturated heterocycles. The molecule has 116 valence electrons. The molecule has 0 saturated carbocycles. The normalized spacial score (nSPS) is 25.9. The van der Waals surface area contributed by atoms with Gasteiger partial charge in [0.05, 0.1) is 12.1 Å². The molecular formula is C16H22F2N2O. The molecule has 2 rings (SSSR count). The number of rotatable bonds is 5. The molecule has 1 amide bonds. The number of aryl methyl sites for hydroxylation is 1. The Labute approximate surface area is 124 Å². The van der Waals surface area contributed by atoms with Crippen molar-refractivity contribution in [3.05, 3.63) is 35.4 Å². The van der Waals surface area contributed by atoms with Crippen LogP contribution in [0.15, 0.2) is 24.3 Å². The van der Waals surface area contributed by atoms with Crippen molar-refractivity contribution in [1.29, 1.82) is 0 Å². The highest BCUT2D eigenvalue weighted by Crippen LogP contribution is 2.33. The van der Waals surface area contributed by atoms with E-state index in [9.17, 15) is 13.6 Å². The van der Waals surface area contributed by atoms with Gasteiger partial charge in [0.25, 0.3) is 6.43 Å². The third kappa shape index (κ3) is 3.07. The van der Waals surface area contributed by atoms with Crippen molar-refractivity contribution in [1.82, 2.24) is 10.2 Å². The zero-order valence-electron chi connectivity index (χ0n) is 12.7. The molecule has 1 fully saturated rings. The van der Waals surface area contributed by atoms with Gasteiger partial charge in [-0.25, -0.2) is 8.78 Å². The van der Waals surface area contributed by atoms with Gasteiger partial charge >= 0.3 is 0 Å². The second kappa shape index (κ2) is 6.10. The van der Waals surface area contributed by atoms with Crippen LogP contribution >= 0.6 is 0 Å². The van der Waals surface area contributed by atoms with E-state index in [4.69, 9.17) is 0 Å². The van der Waals surface area contributed by atoms with E-state index in [-0.39, 0.29) is 5.91 Å². The summed E-state index contributed by atoms with van der Waals surface area (Å²) in [5, 5.41) is 3.22. The highest BCUT2D eigenvalue weighted by atomic mass is 19.3. The second-order valence-electron chi connectivity index (χ2n) is 5.68. The van der Waals surface area contributed by atoms with Gasteiger partial charge in [-0.15, -0.1) is 0 Å². The van der Waals surface area contributed by atoms with Crippen molar-refractivity contribution in [2.24, 2.45) is 0 Å². The fraction of sp³-hybridized carbons (Fsp3) is 0.562. The lowest BCUT2D eigenvalue weighted by molar-refractivity contribution is -0.134. The Morgan fingerprint density at radius 2 is 1.90 bits per heavy atom. The molecule has 3 nitrogen and oxygen atoms in total. The van der Waals surface area contributed by atoms with Gasteiger partial charge < -0.3 is 4.90 Å². The number of amides is 1. The minimum Gasteiger partial charge on any atom is -0.316 e. The summed E-state index contributed by atoms with van der Waals surface area (Å²) in [5.74, 6) is -0.255. The Morgan fingerprint density at radius 3 is 2.38 bits per heavy atom. The number of nitrogens with zero attached hydrogens (tertiary/aromatic N) is 1. The number of halogens is 2. The molecule has 2 unspecified atom stereocenters. The number of hydrogen-bond acceptors (Lipinski definition) is 2. The van der Waals surface area contributed by atoms with Crippen LogP contribution in [0, 0.1) is 0 Å². The topological polar surface area (TPSA) is 32.3 Å². The number of benzene rings is 1. The molecule has 0 aliphatic carbocycles. The van der Waals surface area contributed by atoms with Crippen LogP contribution in [-0.4, -0.2) is 29.3 Å². The van der Waals surface area contributed by atoms with Crippen LogP contribution < -0.4 is 5.32 Å². The van der Waals surface area contributed by atoms with Gasteiger partial charge in [-0.1, -0.05) is 38.1 Å². The minimum atomic E-state index is -2.53. The summed E-state index contributed by atoms with van der Waals surface area (Å²) in [4.78, 5) is 13.7. The number of alkyl halides is 2. The van der Waals surface area contributed by atoms with Crippen LogP contribution in [0.5, 0.6) is 0 Å². The SMILES string of the molecule is CCc1ccc(C2NC(C)(CC)C(=O)N2CC(F)F)cc1. The Hall–Kier alpha value is -1.49. The molecule has 1 aliphatic rings. The van der Waals surface area contributed by atoms with Gasteiger partial charge in [0.15, 0.2) is 0 Å². The molecule has 1 heterocycles. The van der Waals surface area contributed by atoms with Crippen LogP contribution in [-0.2, 0) is 11.2 Å². The third-order valence-electron chi connectivity index (χ3n) is 4.25. The van der Waals surface area contributed by atoms with E-state index in [0.717, 1.165) is 12.0 Å². The number of nitrogens with one attached hydrogen (secondary N) is 1. The Bertz CT molecular complexity index is 504. The average molecular weight is 296 g/mol. The summed E-state index contributed by atoms with van der Waals surface area (Å²) < 4.78 is 25.6. The minimum absolute atomic E-state index is 0.255. The van der Waals surface area contributed by atoms with Gasteiger partial charge in [-0.05, 0) is 30.9 Å². The maximum absolute atomic E-state index is 12.8. The average Bonchev–Trinajstić information content (AvgIpc) is 2.73. The molecule has 0 aromatic heterocycles. The highest BCUT2D eigenvalue weighted by Gasteiger charge is 2.47. The predicted octanol–water partition coefficient (Wildman–Crippen LogP) is 3.11. The molecule has 5 heteroatoms. The first-order valence-corrected chi connectivity index (χ1v) is 7.37. The predicted molar refractivity (Wildman–Crippen MR) is 78.1 cm³/mol. The summed E-state index contributed by atoms with van der Waals surface area (Å²) in [6, 6.07) is 7.76. The van der Waals surface area contributed by atoms with Crippen LogP contribution in [0.4, 0.5) is 8.78 Å². The number of hydrogen-bond donors (Lipinski definition) is 1. The van der Waals surface area contributed by atoms with Gasteiger partial charge in [-0.3, -0.25) is 10.1 Å². The Kier molecular flexibility index (Phi) is 4.61. The third-order valence-corrected chi connectivity index (χ3v) is 4.25. The van der Waals surface area contributed by atoms with E-state index >= 15 is 0 Å². The lowest BCUT2D eigenvalue weighted by Gasteiger charge is -2.24. The van der Waals surface area contributed by atoms with Gasteiger partial charge in [0.2, 0.25) is 5.91 Å². The summed E-state index contributed by atoms with van der Waals surface area (Å²) >= 11 is 0. The van der Waals surface area contributed by atoms with Crippen LogP contribution in [0.1, 0.15) is 44.5 Å². The zero-order valence-corrected chi connectivity index (χ0v) is 12.7. The monoisotopic (exact) mass is 296 g/mol. The number of carbonyl (C=O) groups excluding carboxylic acids is 1. The Balaban J connectivity index is 2.31. The molecule has 1 N–H and O–H groups in total. The van der Waals surface area contributed by atoms with Crippen molar-refractivity contribution >= 4 is 5.91 Å². The quantitative estimate of drug-likeness (QED) is 0.905. The van der Waals surface area contributed by atoms with E-state index in [1.165, 1.54) is 10.5 Å². The van der Waals surface area contributed by atoms with Crippen LogP contribution in [0.3, 0.4) is 0 Å². The standard InChI is InChI=1S/C16H22F2N2O/c1-4-11-6-8-12(9-7-11)14-19-16(3,5-2)15(21)20(14)10-13(17)18/h6-9,13-14,19H,4-5,10H2,1-3H3. The molecule has 0 spiro atoms. The largest absolute Gasteiger partial charge is 0.316 e. The Morgan fingerprint density at radius 1 is 1.29 bits per heavy atom. The van der Waals surface area contributed by atoms with Gasteiger partial charge in [-0.2, -0.15) is 0 Å². The van der Waals surface area contributed by atoms with Gasteiger partial charge in [0, 0.05) is 0 Å². The van der Waals surface area contributed by atoms with Crippen molar-refractivity contribution in [3.8, 4) is 0 Å². The smallest absolute Gasteiger partial charge is 0.255 e. The van der Waals surface area contributed by atoms with E-state index in [1.807, 2.05) is 31.2 Å². The first-order chi connectivity index (χ1) is 9.91. The maximum atomic E-state index is 12.8. The van der Waals surface area contributed by atoms with E-state index in [0.29, 0.717) is 6.42 Å². The molecular weight excluding hydrogens is 274 g/mol. The van der Waals surface area contributed by atoms with Crippen molar-refractivity contribution in [3.63, 3.8) is 0 Å². The molecule has 1 aliphatic heterocycles. The second-order valence-corrected chi connectivity index (χ2v) is 5.68. The fourth-order valence-electron chi connectivity index (χ4n) is 2.66. The highest BCUT2D eigenvalue weighted by molar-refractivity contribution is 5.88. The molecule has 1 aromatic rings. The van der Waals surface area contributed by atoms with Crippen molar-refractivity contribution in [2.45, 2.75) is 51.7 Å². The van der Waals surface area contributed by atoms with Crippen molar-refractivity contribution < 1.29 is 13.6 Å². The molecule has 1 aromatic carbocycles. The maximum Gasteiger partial charge on any atom is 0.255 e. The molecule has 0 bridgehead atoms. The van der Waals surface area contributed by atoms with E-state index in [2.05, 4.69) is 12.2 Å². The van der Waals surface area contributed by atoms with Crippen LogP contribution in [0.2, 0.25) is 0 Å². The summed E-state index contributed by atoms with van der Waals surface area (Å²) in [5.41, 5.74) is 1.25.